The minimum Gasteiger partial charge on any atom is -0.349 e. The second-order valence-corrected chi connectivity index (χ2v) is 8.76. The molecule has 5 heteroatoms. The molecule has 0 fully saturated rings. The highest BCUT2D eigenvalue weighted by Gasteiger charge is 2.20. The van der Waals surface area contributed by atoms with E-state index in [0.29, 0.717) is 11.5 Å². The fourth-order valence-electron chi connectivity index (χ4n) is 3.29. The van der Waals surface area contributed by atoms with E-state index in [-0.39, 0.29) is 30.3 Å². The maximum atomic E-state index is 12.8. The molecule has 3 rings (SSSR count). The Morgan fingerprint density at radius 2 is 1.50 bits per heavy atom. The van der Waals surface area contributed by atoms with Crippen LogP contribution in [0.5, 0.6) is 0 Å². The van der Waals surface area contributed by atoms with Crippen LogP contribution in [0.1, 0.15) is 65.5 Å². The minimum absolute atomic E-state index is 0.0952. The lowest BCUT2D eigenvalue weighted by Gasteiger charge is -2.21. The molecule has 156 valence electrons. The fraction of sp³-hybridized carbons (Fsp3) is 0.280. The molecule has 2 amide bonds. The van der Waals surface area contributed by atoms with E-state index in [4.69, 9.17) is 0 Å². The number of amides is 2. The van der Waals surface area contributed by atoms with E-state index in [1.807, 2.05) is 42.6 Å². The van der Waals surface area contributed by atoms with Gasteiger partial charge in [-0.3, -0.25) is 9.59 Å². The largest absolute Gasteiger partial charge is 0.349 e. The molecule has 1 heterocycles. The van der Waals surface area contributed by atoms with Crippen molar-refractivity contribution in [2.24, 2.45) is 0 Å². The minimum atomic E-state index is -0.273. The van der Waals surface area contributed by atoms with Crippen LogP contribution in [0.3, 0.4) is 0 Å². The zero-order chi connectivity index (χ0) is 21.5. The van der Waals surface area contributed by atoms with Crippen LogP contribution in [0, 0.1) is 0 Å². The van der Waals surface area contributed by atoms with Crippen LogP contribution in [-0.4, -0.2) is 17.9 Å². The van der Waals surface area contributed by atoms with E-state index in [1.165, 1.54) is 5.56 Å². The van der Waals surface area contributed by atoms with Crippen molar-refractivity contribution in [3.8, 4) is 0 Å². The molecule has 0 radical (unpaired) electrons. The third-order valence-electron chi connectivity index (χ3n) is 4.97. The lowest BCUT2D eigenvalue weighted by molar-refractivity contribution is -0.121. The Bertz CT molecular complexity index is 951. The first-order chi connectivity index (χ1) is 14.4. The van der Waals surface area contributed by atoms with Gasteiger partial charge in [0.25, 0.3) is 5.91 Å². The van der Waals surface area contributed by atoms with Gasteiger partial charge in [0, 0.05) is 22.9 Å². The molecule has 2 unspecified atom stereocenters. The van der Waals surface area contributed by atoms with Crippen LogP contribution in [0.2, 0.25) is 0 Å². The molecule has 2 aromatic carbocycles. The van der Waals surface area contributed by atoms with Crippen LogP contribution >= 0.6 is 11.3 Å². The second kappa shape index (κ2) is 10.2. The lowest BCUT2D eigenvalue weighted by Crippen LogP contribution is -2.38. The molecule has 0 saturated carbocycles. The van der Waals surface area contributed by atoms with E-state index >= 15 is 0 Å². The molecule has 0 aliphatic heterocycles. The normalized spacial score (nSPS) is 12.9. The van der Waals surface area contributed by atoms with Crippen molar-refractivity contribution in [1.82, 2.24) is 10.6 Å². The van der Waals surface area contributed by atoms with E-state index < -0.39 is 0 Å². The first-order valence-electron chi connectivity index (χ1n) is 10.2. The van der Waals surface area contributed by atoms with E-state index in [1.54, 1.807) is 23.5 Å². The maximum Gasteiger partial charge on any atom is 0.251 e. The lowest BCUT2D eigenvalue weighted by atomic mass is 9.98. The molecule has 0 aliphatic carbocycles. The summed E-state index contributed by atoms with van der Waals surface area (Å²) in [4.78, 5) is 26.2. The molecule has 4 nitrogen and oxygen atoms in total. The quantitative estimate of drug-likeness (QED) is 0.520. The summed E-state index contributed by atoms with van der Waals surface area (Å²) in [5.74, 6) is 0.195. The zero-order valence-electron chi connectivity index (χ0n) is 17.6. The third-order valence-corrected chi connectivity index (χ3v) is 5.91. The molecule has 2 atom stereocenters. The first-order valence-corrected chi connectivity index (χ1v) is 11.1. The highest BCUT2D eigenvalue weighted by molar-refractivity contribution is 7.10. The smallest absolute Gasteiger partial charge is 0.251 e. The van der Waals surface area contributed by atoms with Crippen molar-refractivity contribution in [3.63, 3.8) is 0 Å². The molecule has 0 spiro atoms. The topological polar surface area (TPSA) is 58.2 Å². The van der Waals surface area contributed by atoms with Crippen molar-refractivity contribution < 1.29 is 9.59 Å². The van der Waals surface area contributed by atoms with Crippen molar-refractivity contribution in [3.05, 3.63) is 93.7 Å². The summed E-state index contributed by atoms with van der Waals surface area (Å²) >= 11 is 1.62. The highest BCUT2D eigenvalue weighted by Crippen LogP contribution is 2.27. The Morgan fingerprint density at radius 3 is 2.10 bits per heavy atom. The Labute approximate surface area is 182 Å². The predicted molar refractivity (Wildman–Crippen MR) is 123 cm³/mol. The van der Waals surface area contributed by atoms with Crippen LogP contribution in [0.15, 0.2) is 72.1 Å². The average molecular weight is 421 g/mol. The van der Waals surface area contributed by atoms with Crippen LogP contribution in [0.4, 0.5) is 0 Å². The summed E-state index contributed by atoms with van der Waals surface area (Å²) < 4.78 is 0. The summed E-state index contributed by atoms with van der Waals surface area (Å²) in [6, 6.07) is 21.0. The standard InChI is InChI=1S/C25H28N2O2S/c1-17(2)19-11-13-20(14-12-19)24(22-10-7-15-30-22)27-23(28)16-18(3)26-25(29)21-8-5-4-6-9-21/h4-15,17-18,24H,16H2,1-3H3,(H,26,29)(H,27,28). The number of carbonyl (C=O) groups excluding carboxylic acids is 2. The van der Waals surface area contributed by atoms with Gasteiger partial charge in [-0.2, -0.15) is 0 Å². The Kier molecular flexibility index (Phi) is 7.41. The van der Waals surface area contributed by atoms with Gasteiger partial charge in [0.15, 0.2) is 0 Å². The molecule has 1 aromatic heterocycles. The molecule has 3 aromatic rings. The number of nitrogens with one attached hydrogen (secondary N) is 2. The Morgan fingerprint density at radius 1 is 0.833 bits per heavy atom. The van der Waals surface area contributed by atoms with Crippen molar-refractivity contribution >= 4 is 23.2 Å². The van der Waals surface area contributed by atoms with Crippen molar-refractivity contribution in [2.75, 3.05) is 0 Å². The molecule has 0 aliphatic rings. The molecule has 2 N–H and O–H groups in total. The average Bonchev–Trinajstić information content (AvgIpc) is 3.27. The summed E-state index contributed by atoms with van der Waals surface area (Å²) in [6.45, 7) is 6.18. The van der Waals surface area contributed by atoms with Gasteiger partial charge in [-0.1, -0.05) is 62.4 Å². The second-order valence-electron chi connectivity index (χ2n) is 7.78. The van der Waals surface area contributed by atoms with Gasteiger partial charge in [0.05, 0.1) is 6.04 Å². The SMILES string of the molecule is CC(CC(=O)NC(c1ccc(C(C)C)cc1)c1cccs1)NC(=O)c1ccccc1. The van der Waals surface area contributed by atoms with Gasteiger partial charge in [0.1, 0.15) is 0 Å². The number of thiophene rings is 1. The van der Waals surface area contributed by atoms with E-state index in [2.05, 4.69) is 48.7 Å². The van der Waals surface area contributed by atoms with Gasteiger partial charge in [-0.25, -0.2) is 0 Å². The number of benzene rings is 2. The van der Waals surface area contributed by atoms with Crippen molar-refractivity contribution in [2.45, 2.75) is 45.2 Å². The number of hydrogen-bond donors (Lipinski definition) is 2. The van der Waals surface area contributed by atoms with Gasteiger partial charge in [0.2, 0.25) is 5.91 Å². The van der Waals surface area contributed by atoms with Crippen molar-refractivity contribution in [1.29, 1.82) is 0 Å². The van der Waals surface area contributed by atoms with Gasteiger partial charge < -0.3 is 10.6 Å². The molecule has 0 saturated heterocycles. The molecule has 0 bridgehead atoms. The van der Waals surface area contributed by atoms with Crippen LogP contribution in [-0.2, 0) is 4.79 Å². The first kappa shape index (κ1) is 21.8. The molecular formula is C25H28N2O2S. The summed E-state index contributed by atoms with van der Waals surface area (Å²) in [6.07, 6.45) is 0.213. The highest BCUT2D eigenvalue weighted by atomic mass is 32.1. The molecular weight excluding hydrogens is 392 g/mol. The van der Waals surface area contributed by atoms with Gasteiger partial charge >= 0.3 is 0 Å². The fourth-order valence-corrected chi connectivity index (χ4v) is 4.10. The maximum absolute atomic E-state index is 12.8. The summed E-state index contributed by atoms with van der Waals surface area (Å²) in [5, 5.41) is 8.06. The number of rotatable bonds is 8. The summed E-state index contributed by atoms with van der Waals surface area (Å²) in [7, 11) is 0. The Hall–Kier alpha value is -2.92. The molecule has 30 heavy (non-hydrogen) atoms. The number of hydrogen-bond acceptors (Lipinski definition) is 3. The Balaban J connectivity index is 1.65. The van der Waals surface area contributed by atoms with Crippen LogP contribution < -0.4 is 10.6 Å². The van der Waals surface area contributed by atoms with Crippen LogP contribution in [0.25, 0.3) is 0 Å². The van der Waals surface area contributed by atoms with E-state index in [9.17, 15) is 9.59 Å². The van der Waals surface area contributed by atoms with Gasteiger partial charge in [-0.15, -0.1) is 11.3 Å². The van der Waals surface area contributed by atoms with Gasteiger partial charge in [-0.05, 0) is 47.5 Å². The zero-order valence-corrected chi connectivity index (χ0v) is 18.4. The number of carbonyl (C=O) groups is 2. The van der Waals surface area contributed by atoms with E-state index in [0.717, 1.165) is 10.4 Å². The predicted octanol–water partition coefficient (Wildman–Crippen LogP) is 5.29. The monoisotopic (exact) mass is 420 g/mol. The third kappa shape index (κ3) is 5.80. The summed E-state index contributed by atoms with van der Waals surface area (Å²) in [5.41, 5.74) is 2.91.